The van der Waals surface area contributed by atoms with Crippen LogP contribution in [0.3, 0.4) is 0 Å². The highest BCUT2D eigenvalue weighted by molar-refractivity contribution is 5.64. The Labute approximate surface area is 177 Å². The van der Waals surface area contributed by atoms with Crippen molar-refractivity contribution >= 4 is 0 Å². The second kappa shape index (κ2) is 9.06. The van der Waals surface area contributed by atoms with Crippen molar-refractivity contribution in [2.75, 3.05) is 7.05 Å². The van der Waals surface area contributed by atoms with Crippen molar-refractivity contribution in [2.24, 2.45) is 5.41 Å². The van der Waals surface area contributed by atoms with E-state index in [-0.39, 0.29) is 6.07 Å². The molecule has 0 aliphatic carbocycles. The van der Waals surface area contributed by atoms with E-state index in [1.54, 1.807) is 0 Å². The van der Waals surface area contributed by atoms with E-state index in [2.05, 4.69) is 24.3 Å². The summed E-state index contributed by atoms with van der Waals surface area (Å²) >= 11 is 0. The molecule has 0 spiro atoms. The minimum atomic E-state index is -5.99. The van der Waals surface area contributed by atoms with Crippen LogP contribution >= 0.6 is 0 Å². The lowest BCUT2D eigenvalue weighted by Gasteiger charge is -2.33. The zero-order chi connectivity index (χ0) is 26.2. The van der Waals surface area contributed by atoms with E-state index < -0.39 is 65.5 Å². The van der Waals surface area contributed by atoms with Crippen LogP contribution in [0.1, 0.15) is 32.4 Å². The Morgan fingerprint density at radius 1 is 0.606 bits per heavy atom. The fourth-order valence-corrected chi connectivity index (χ4v) is 2.73. The Kier molecular flexibility index (Phi) is 7.84. The molecule has 1 N–H and O–H groups in total. The topological polar surface area (TPSA) is 49.0 Å². The van der Waals surface area contributed by atoms with Crippen molar-refractivity contribution < 1.29 is 71.6 Å². The summed E-state index contributed by atoms with van der Waals surface area (Å²) in [6.07, 6.45) is -23.6. The van der Waals surface area contributed by atoms with Gasteiger partial charge in [-0.05, 0) is 18.5 Å². The van der Waals surface area contributed by atoms with E-state index >= 15 is 0 Å². The molecule has 1 aromatic carbocycles. The van der Waals surface area contributed by atoms with Gasteiger partial charge in [0.1, 0.15) is 0 Å². The third-order valence-corrected chi connectivity index (χ3v) is 3.53. The first-order valence-electron chi connectivity index (χ1n) is 8.34. The van der Waals surface area contributed by atoms with E-state index in [1.165, 1.54) is 20.8 Å². The lowest BCUT2D eigenvalue weighted by atomic mass is 9.81. The fraction of sp³-hybridized carbons (Fsp3) is 0.625. The third-order valence-electron chi connectivity index (χ3n) is 3.53. The smallest absolute Gasteiger partial charge is 0.402 e. The summed E-state index contributed by atoms with van der Waals surface area (Å²) < 4.78 is 168. The monoisotopic (exact) mass is 513 g/mol. The van der Waals surface area contributed by atoms with Crippen molar-refractivity contribution in [2.45, 2.75) is 52.3 Å². The molecule has 0 heterocycles. The van der Waals surface area contributed by atoms with E-state index in [0.29, 0.717) is 0 Å². The summed E-state index contributed by atoms with van der Waals surface area (Å²) in [5, 5.41) is 2.35. The molecule has 0 aliphatic rings. The number of nitrogens with one attached hydrogen (secondary N) is 1. The summed E-state index contributed by atoms with van der Waals surface area (Å²) in [4.78, 5) is 0. The highest BCUT2D eigenvalue weighted by atomic mass is 19.4. The van der Waals surface area contributed by atoms with Gasteiger partial charge in [0.2, 0.25) is 11.5 Å². The van der Waals surface area contributed by atoms with Crippen LogP contribution in [0.2, 0.25) is 0 Å². The molecular formula is C16H15F12NO4. The van der Waals surface area contributed by atoms with Crippen LogP contribution in [0, 0.1) is 5.41 Å². The average Bonchev–Trinajstić information content (AvgIpc) is 2.48. The van der Waals surface area contributed by atoms with Crippen LogP contribution in [0.15, 0.2) is 6.07 Å². The molecular weight excluding hydrogens is 498 g/mol. The number of rotatable bonds is 6. The van der Waals surface area contributed by atoms with Crippen LogP contribution in [-0.4, -0.2) is 32.5 Å². The molecule has 0 aromatic heterocycles. The molecule has 1 aromatic rings. The maximum absolute atomic E-state index is 13.0. The maximum Gasteiger partial charge on any atom is 0.573 e. The minimum Gasteiger partial charge on any atom is -0.402 e. The van der Waals surface area contributed by atoms with Gasteiger partial charge in [-0.2, -0.15) is 0 Å². The molecule has 0 saturated heterocycles. The van der Waals surface area contributed by atoms with Crippen LogP contribution in [-0.2, 0) is 0 Å². The fourth-order valence-electron chi connectivity index (χ4n) is 2.73. The van der Waals surface area contributed by atoms with Gasteiger partial charge in [0.15, 0.2) is 11.5 Å². The summed E-state index contributed by atoms with van der Waals surface area (Å²) in [6.45, 7) is 3.92. The first-order valence-corrected chi connectivity index (χ1v) is 8.34. The zero-order valence-electron chi connectivity index (χ0n) is 16.8. The Bertz CT molecular complexity index is 822. The summed E-state index contributed by atoms with van der Waals surface area (Å²) in [7, 11) is 1.07. The predicted molar refractivity (Wildman–Crippen MR) is 84.4 cm³/mol. The van der Waals surface area contributed by atoms with E-state index in [9.17, 15) is 52.7 Å². The van der Waals surface area contributed by atoms with Gasteiger partial charge < -0.3 is 24.3 Å². The summed E-state index contributed by atoms with van der Waals surface area (Å²) in [6, 6.07) is -1.55. The normalized spacial score (nSPS) is 14.7. The number of hydrogen-bond acceptors (Lipinski definition) is 5. The van der Waals surface area contributed by atoms with E-state index in [1.807, 2.05) is 0 Å². The third kappa shape index (κ3) is 9.13. The Morgan fingerprint density at radius 3 is 1.30 bits per heavy atom. The summed E-state index contributed by atoms with van der Waals surface area (Å²) in [5.74, 6) is -9.07. The zero-order valence-corrected chi connectivity index (χ0v) is 16.8. The van der Waals surface area contributed by atoms with Gasteiger partial charge in [-0.3, -0.25) is 0 Å². The molecule has 1 atom stereocenters. The van der Waals surface area contributed by atoms with E-state index in [4.69, 9.17) is 0 Å². The number of hydrogen-bond donors (Lipinski definition) is 1. The van der Waals surface area contributed by atoms with Crippen LogP contribution in [0.5, 0.6) is 23.0 Å². The van der Waals surface area contributed by atoms with Crippen LogP contribution in [0.4, 0.5) is 52.7 Å². The van der Waals surface area contributed by atoms with Crippen molar-refractivity contribution in [3.05, 3.63) is 11.6 Å². The lowest BCUT2D eigenvalue weighted by Crippen LogP contribution is -2.32. The minimum absolute atomic E-state index is 0.0225. The second-order valence-corrected chi connectivity index (χ2v) is 7.23. The van der Waals surface area contributed by atoms with Crippen LogP contribution in [0.25, 0.3) is 0 Å². The molecule has 5 nitrogen and oxygen atoms in total. The average molecular weight is 513 g/mol. The molecule has 192 valence electrons. The Morgan fingerprint density at radius 2 is 0.970 bits per heavy atom. The van der Waals surface area contributed by atoms with Crippen molar-refractivity contribution in [1.82, 2.24) is 5.32 Å². The largest absolute Gasteiger partial charge is 0.573 e. The van der Waals surface area contributed by atoms with Gasteiger partial charge in [0.25, 0.3) is 0 Å². The van der Waals surface area contributed by atoms with Crippen LogP contribution < -0.4 is 24.3 Å². The lowest BCUT2D eigenvalue weighted by molar-refractivity contribution is -0.297. The summed E-state index contributed by atoms with van der Waals surface area (Å²) in [5.41, 5.74) is -2.34. The molecule has 0 radical (unpaired) electrons. The predicted octanol–water partition coefficient (Wildman–Crippen LogP) is 6.59. The van der Waals surface area contributed by atoms with Gasteiger partial charge in [-0.1, -0.05) is 20.8 Å². The Balaban J connectivity index is 4.19. The molecule has 1 rings (SSSR count). The Hall–Kier alpha value is -2.46. The molecule has 33 heavy (non-hydrogen) atoms. The number of alkyl halides is 12. The molecule has 0 amide bonds. The van der Waals surface area contributed by atoms with Gasteiger partial charge in [0.05, 0.1) is 0 Å². The standard InChI is InChI=1S/C16H15F12NO4/c1-12(2,3)11(29-4)6-5-7(30-13(17,18)19)9(32-15(23,24)25)10(33-16(26,27)28)8(6)31-14(20,21)22/h5,11,29H,1-4H3. The number of benzene rings is 1. The molecule has 17 heteroatoms. The quantitative estimate of drug-likeness (QED) is 0.436. The van der Waals surface area contributed by atoms with Gasteiger partial charge in [0, 0.05) is 11.6 Å². The van der Waals surface area contributed by atoms with Crippen molar-refractivity contribution in [3.8, 4) is 23.0 Å². The number of ether oxygens (including phenoxy) is 4. The molecule has 1 unspecified atom stereocenters. The highest BCUT2D eigenvalue weighted by Gasteiger charge is 2.46. The van der Waals surface area contributed by atoms with E-state index in [0.717, 1.165) is 7.05 Å². The molecule has 0 saturated carbocycles. The van der Waals surface area contributed by atoms with Gasteiger partial charge in [-0.15, -0.1) is 52.7 Å². The van der Waals surface area contributed by atoms with Crippen molar-refractivity contribution in [1.29, 1.82) is 0 Å². The second-order valence-electron chi connectivity index (χ2n) is 7.23. The first-order chi connectivity index (χ1) is 14.4. The van der Waals surface area contributed by atoms with Gasteiger partial charge >= 0.3 is 25.4 Å². The molecule has 0 bridgehead atoms. The SMILES string of the molecule is CNC(c1cc(OC(F)(F)F)c(OC(F)(F)F)c(OC(F)(F)F)c1OC(F)(F)F)C(C)(C)C. The number of halogens is 12. The maximum atomic E-state index is 13.0. The van der Waals surface area contributed by atoms with Crippen molar-refractivity contribution in [3.63, 3.8) is 0 Å². The highest BCUT2D eigenvalue weighted by Crippen LogP contribution is 2.55. The molecule has 0 fully saturated rings. The van der Waals surface area contributed by atoms with Gasteiger partial charge in [-0.25, -0.2) is 0 Å². The molecule has 0 aliphatic heterocycles. The first kappa shape index (κ1) is 28.6.